The Balaban J connectivity index is 1.50. The molecule has 0 aromatic carbocycles. The summed E-state index contributed by atoms with van der Waals surface area (Å²) in [6.45, 7) is 2.44. The summed E-state index contributed by atoms with van der Waals surface area (Å²) in [5.74, 6) is 3.15. The minimum Gasteiger partial charge on any atom is -0.311 e. The Hall–Kier alpha value is -0.0400. The van der Waals surface area contributed by atoms with Gasteiger partial charge in [-0.15, -0.1) is 0 Å². The highest BCUT2D eigenvalue weighted by atomic mass is 15.0. The second-order valence-corrected chi connectivity index (χ2v) is 6.64. The molecule has 3 saturated carbocycles. The van der Waals surface area contributed by atoms with E-state index < -0.39 is 0 Å². The molecular formula is C15H27N. The van der Waals surface area contributed by atoms with E-state index in [4.69, 9.17) is 0 Å². The van der Waals surface area contributed by atoms with Gasteiger partial charge in [-0.05, 0) is 56.3 Å². The van der Waals surface area contributed by atoms with Crippen molar-refractivity contribution in [2.24, 2.45) is 17.8 Å². The average molecular weight is 221 g/mol. The van der Waals surface area contributed by atoms with Crippen molar-refractivity contribution in [3.05, 3.63) is 0 Å². The van der Waals surface area contributed by atoms with Crippen LogP contribution in [-0.2, 0) is 0 Å². The first-order valence-electron chi connectivity index (χ1n) is 7.59. The normalized spacial score (nSPS) is 44.8. The van der Waals surface area contributed by atoms with Crippen molar-refractivity contribution in [1.29, 1.82) is 0 Å². The Morgan fingerprint density at radius 1 is 0.812 bits per heavy atom. The summed E-state index contributed by atoms with van der Waals surface area (Å²) in [4.78, 5) is 0. The lowest BCUT2D eigenvalue weighted by molar-refractivity contribution is 0.235. The third kappa shape index (κ3) is 2.45. The molecule has 1 N–H and O–H groups in total. The molecule has 0 bridgehead atoms. The highest BCUT2D eigenvalue weighted by Gasteiger charge is 2.35. The molecule has 92 valence electrons. The van der Waals surface area contributed by atoms with Crippen molar-refractivity contribution in [3.8, 4) is 0 Å². The lowest BCUT2D eigenvalue weighted by Gasteiger charge is -2.33. The Labute approximate surface area is 100 Å². The maximum absolute atomic E-state index is 3.98. The van der Waals surface area contributed by atoms with E-state index in [2.05, 4.69) is 12.2 Å². The van der Waals surface area contributed by atoms with Crippen LogP contribution in [0.2, 0.25) is 0 Å². The molecule has 3 aliphatic carbocycles. The first-order valence-corrected chi connectivity index (χ1v) is 7.59. The van der Waals surface area contributed by atoms with E-state index in [0.29, 0.717) is 0 Å². The summed E-state index contributed by atoms with van der Waals surface area (Å²) in [5.41, 5.74) is 0. The van der Waals surface area contributed by atoms with Crippen LogP contribution in [0.25, 0.3) is 0 Å². The zero-order chi connectivity index (χ0) is 11.0. The van der Waals surface area contributed by atoms with Gasteiger partial charge in [0, 0.05) is 12.1 Å². The van der Waals surface area contributed by atoms with Crippen molar-refractivity contribution >= 4 is 0 Å². The van der Waals surface area contributed by atoms with Crippen LogP contribution in [0.4, 0.5) is 0 Å². The first kappa shape index (κ1) is 11.1. The fourth-order valence-electron chi connectivity index (χ4n) is 4.07. The molecule has 1 heteroatoms. The zero-order valence-electron chi connectivity index (χ0n) is 10.8. The fourth-order valence-corrected chi connectivity index (χ4v) is 4.07. The average Bonchev–Trinajstić information content (AvgIpc) is 3.06. The summed E-state index contributed by atoms with van der Waals surface area (Å²) in [5, 5.41) is 3.98. The Kier molecular flexibility index (Phi) is 3.24. The molecule has 3 aliphatic rings. The van der Waals surface area contributed by atoms with Gasteiger partial charge >= 0.3 is 0 Å². The van der Waals surface area contributed by atoms with Gasteiger partial charge in [-0.25, -0.2) is 0 Å². The minimum absolute atomic E-state index is 0.850. The van der Waals surface area contributed by atoms with Gasteiger partial charge < -0.3 is 5.32 Å². The Morgan fingerprint density at radius 3 is 2.31 bits per heavy atom. The second-order valence-electron chi connectivity index (χ2n) is 6.64. The lowest BCUT2D eigenvalue weighted by atomic mass is 9.82. The highest BCUT2D eigenvalue weighted by Crippen LogP contribution is 2.44. The first-order chi connectivity index (χ1) is 7.83. The van der Waals surface area contributed by atoms with Gasteiger partial charge in [0.25, 0.3) is 0 Å². The lowest BCUT2D eigenvalue weighted by Crippen LogP contribution is -2.42. The molecule has 4 atom stereocenters. The van der Waals surface area contributed by atoms with E-state index in [1.807, 2.05) is 0 Å². The molecule has 0 radical (unpaired) electrons. The molecule has 0 saturated heterocycles. The summed E-state index contributed by atoms with van der Waals surface area (Å²) in [6.07, 6.45) is 13.4. The maximum Gasteiger partial charge on any atom is 0.00952 e. The smallest absolute Gasteiger partial charge is 0.00952 e. The summed E-state index contributed by atoms with van der Waals surface area (Å²) >= 11 is 0. The van der Waals surface area contributed by atoms with Crippen molar-refractivity contribution in [3.63, 3.8) is 0 Å². The van der Waals surface area contributed by atoms with Gasteiger partial charge in [0.15, 0.2) is 0 Å². The van der Waals surface area contributed by atoms with Gasteiger partial charge in [0.2, 0.25) is 0 Å². The third-order valence-corrected chi connectivity index (χ3v) is 5.31. The van der Waals surface area contributed by atoms with Crippen LogP contribution in [0.1, 0.15) is 64.7 Å². The summed E-state index contributed by atoms with van der Waals surface area (Å²) in [7, 11) is 0. The number of hydrogen-bond acceptors (Lipinski definition) is 1. The Bertz CT molecular complexity index is 234. The fraction of sp³-hybridized carbons (Fsp3) is 1.00. The molecule has 0 aliphatic heterocycles. The molecule has 4 unspecified atom stereocenters. The van der Waals surface area contributed by atoms with Crippen molar-refractivity contribution in [1.82, 2.24) is 5.32 Å². The van der Waals surface area contributed by atoms with Gasteiger partial charge in [0.05, 0.1) is 0 Å². The number of rotatable bonds is 3. The van der Waals surface area contributed by atoms with Crippen LogP contribution in [0.15, 0.2) is 0 Å². The van der Waals surface area contributed by atoms with Crippen LogP contribution < -0.4 is 5.32 Å². The van der Waals surface area contributed by atoms with Crippen LogP contribution in [0.3, 0.4) is 0 Å². The van der Waals surface area contributed by atoms with Gasteiger partial charge in [-0.1, -0.05) is 26.2 Å². The quantitative estimate of drug-likeness (QED) is 0.765. The molecule has 0 spiro atoms. The molecule has 0 heterocycles. The molecule has 16 heavy (non-hydrogen) atoms. The van der Waals surface area contributed by atoms with Crippen molar-refractivity contribution < 1.29 is 0 Å². The van der Waals surface area contributed by atoms with Gasteiger partial charge in [-0.3, -0.25) is 0 Å². The number of hydrogen-bond donors (Lipinski definition) is 1. The van der Waals surface area contributed by atoms with E-state index in [1.54, 1.807) is 0 Å². The summed E-state index contributed by atoms with van der Waals surface area (Å²) in [6, 6.07) is 1.72. The highest BCUT2D eigenvalue weighted by molar-refractivity contribution is 4.90. The molecule has 3 rings (SSSR count). The topological polar surface area (TPSA) is 12.0 Å². The van der Waals surface area contributed by atoms with Crippen LogP contribution in [-0.4, -0.2) is 12.1 Å². The number of nitrogens with one attached hydrogen (secondary N) is 1. The predicted molar refractivity (Wildman–Crippen MR) is 68.4 cm³/mol. The molecule has 1 nitrogen and oxygen atoms in total. The standard InChI is InChI=1S/C15H27N/c1-11-4-2-7-15(11)16-14-6-3-5-13(10-14)12-8-9-12/h11-16H,2-10H2,1H3. The van der Waals surface area contributed by atoms with Crippen LogP contribution >= 0.6 is 0 Å². The minimum atomic E-state index is 0.850. The van der Waals surface area contributed by atoms with Crippen molar-refractivity contribution in [2.45, 2.75) is 76.8 Å². The van der Waals surface area contributed by atoms with Crippen LogP contribution in [0.5, 0.6) is 0 Å². The SMILES string of the molecule is CC1CCCC1NC1CCCC(C2CC2)C1. The maximum atomic E-state index is 3.98. The zero-order valence-corrected chi connectivity index (χ0v) is 10.8. The van der Waals surface area contributed by atoms with Gasteiger partial charge in [0.1, 0.15) is 0 Å². The molecular weight excluding hydrogens is 194 g/mol. The van der Waals surface area contributed by atoms with E-state index in [-0.39, 0.29) is 0 Å². The molecule has 0 aromatic rings. The molecule has 0 amide bonds. The molecule has 3 fully saturated rings. The van der Waals surface area contributed by atoms with E-state index >= 15 is 0 Å². The largest absolute Gasteiger partial charge is 0.311 e. The predicted octanol–water partition coefficient (Wildman–Crippen LogP) is 3.73. The monoisotopic (exact) mass is 221 g/mol. The van der Waals surface area contributed by atoms with Crippen LogP contribution in [0, 0.1) is 17.8 Å². The Morgan fingerprint density at radius 2 is 1.62 bits per heavy atom. The van der Waals surface area contributed by atoms with E-state index in [0.717, 1.165) is 29.8 Å². The van der Waals surface area contributed by atoms with E-state index in [1.165, 1.54) is 57.8 Å². The third-order valence-electron chi connectivity index (χ3n) is 5.31. The summed E-state index contributed by atoms with van der Waals surface area (Å²) < 4.78 is 0. The van der Waals surface area contributed by atoms with Crippen molar-refractivity contribution in [2.75, 3.05) is 0 Å². The molecule has 0 aromatic heterocycles. The van der Waals surface area contributed by atoms with Gasteiger partial charge in [-0.2, -0.15) is 0 Å². The van der Waals surface area contributed by atoms with E-state index in [9.17, 15) is 0 Å². The second kappa shape index (κ2) is 4.68.